The first-order valence-corrected chi connectivity index (χ1v) is 9.00. The van der Waals surface area contributed by atoms with Crippen LogP contribution in [-0.2, 0) is 4.79 Å². The number of aryl methyl sites for hydroxylation is 3. The van der Waals surface area contributed by atoms with E-state index in [1.54, 1.807) is 31.6 Å². The maximum atomic E-state index is 12.5. The molecule has 140 valence electrons. The van der Waals surface area contributed by atoms with Crippen molar-refractivity contribution in [2.24, 2.45) is 0 Å². The SMILES string of the molecule is COc1c(/C(C)=C/C(=O)Nc2cc(Cl)ccc2C)cc2c(C)coc2c1C. The molecule has 27 heavy (non-hydrogen) atoms. The van der Waals surface area contributed by atoms with Gasteiger partial charge in [0.2, 0.25) is 5.91 Å². The molecule has 0 atom stereocenters. The minimum Gasteiger partial charge on any atom is -0.496 e. The topological polar surface area (TPSA) is 51.5 Å². The van der Waals surface area contributed by atoms with Crippen LogP contribution in [0.5, 0.6) is 5.75 Å². The van der Waals surface area contributed by atoms with Crippen molar-refractivity contribution in [2.45, 2.75) is 27.7 Å². The summed E-state index contributed by atoms with van der Waals surface area (Å²) < 4.78 is 11.2. The number of ether oxygens (including phenoxy) is 1. The second-order valence-corrected chi connectivity index (χ2v) is 7.09. The lowest BCUT2D eigenvalue weighted by atomic mass is 9.98. The van der Waals surface area contributed by atoms with Gasteiger partial charge in [-0.2, -0.15) is 0 Å². The number of allylic oxidation sites excluding steroid dienone is 1. The first-order valence-electron chi connectivity index (χ1n) is 8.63. The van der Waals surface area contributed by atoms with E-state index < -0.39 is 0 Å². The van der Waals surface area contributed by atoms with E-state index in [0.29, 0.717) is 16.5 Å². The molecule has 0 saturated heterocycles. The van der Waals surface area contributed by atoms with Gasteiger partial charge < -0.3 is 14.5 Å². The Bertz CT molecular complexity index is 1060. The number of fused-ring (bicyclic) bond motifs is 1. The van der Waals surface area contributed by atoms with Crippen LogP contribution in [0.25, 0.3) is 16.5 Å². The van der Waals surface area contributed by atoms with Crippen LogP contribution in [0, 0.1) is 20.8 Å². The zero-order valence-corrected chi connectivity index (χ0v) is 16.8. The van der Waals surface area contributed by atoms with E-state index in [2.05, 4.69) is 5.32 Å². The van der Waals surface area contributed by atoms with Crippen LogP contribution >= 0.6 is 11.6 Å². The Hall–Kier alpha value is -2.72. The number of hydrogen-bond acceptors (Lipinski definition) is 3. The number of hydrogen-bond donors (Lipinski definition) is 1. The molecule has 1 aromatic heterocycles. The van der Waals surface area contributed by atoms with Crippen molar-refractivity contribution in [1.29, 1.82) is 0 Å². The van der Waals surface area contributed by atoms with Gasteiger partial charge in [-0.3, -0.25) is 4.79 Å². The molecule has 0 radical (unpaired) electrons. The normalized spacial score (nSPS) is 11.7. The predicted molar refractivity (Wildman–Crippen MR) is 111 cm³/mol. The summed E-state index contributed by atoms with van der Waals surface area (Å²) in [6.45, 7) is 7.76. The van der Waals surface area contributed by atoms with Gasteiger partial charge >= 0.3 is 0 Å². The summed E-state index contributed by atoms with van der Waals surface area (Å²) >= 11 is 6.03. The molecular weight excluding hydrogens is 362 g/mol. The molecule has 4 nitrogen and oxygen atoms in total. The molecule has 1 N–H and O–H groups in total. The first kappa shape index (κ1) is 19.1. The van der Waals surface area contributed by atoms with Gasteiger partial charge in [0.05, 0.1) is 13.4 Å². The summed E-state index contributed by atoms with van der Waals surface area (Å²) in [5, 5.41) is 4.48. The number of halogens is 1. The predicted octanol–water partition coefficient (Wildman–Crippen LogP) is 6.06. The van der Waals surface area contributed by atoms with Gasteiger partial charge in [-0.15, -0.1) is 0 Å². The molecule has 0 spiro atoms. The number of benzene rings is 2. The second kappa shape index (κ2) is 7.49. The van der Waals surface area contributed by atoms with Crippen LogP contribution in [-0.4, -0.2) is 13.0 Å². The largest absolute Gasteiger partial charge is 0.496 e. The van der Waals surface area contributed by atoms with Crippen molar-refractivity contribution in [2.75, 3.05) is 12.4 Å². The molecular formula is C22H22ClNO3. The van der Waals surface area contributed by atoms with Crippen LogP contribution in [0.3, 0.4) is 0 Å². The first-order chi connectivity index (χ1) is 12.8. The lowest BCUT2D eigenvalue weighted by Gasteiger charge is -2.13. The Balaban J connectivity index is 1.99. The molecule has 2 aromatic carbocycles. The maximum Gasteiger partial charge on any atom is 0.248 e. The lowest BCUT2D eigenvalue weighted by Crippen LogP contribution is -2.10. The summed E-state index contributed by atoms with van der Waals surface area (Å²) in [5.41, 5.74) is 6.07. The van der Waals surface area contributed by atoms with E-state index >= 15 is 0 Å². The molecule has 0 fully saturated rings. The molecule has 3 aromatic rings. The third kappa shape index (κ3) is 3.71. The van der Waals surface area contributed by atoms with Gasteiger partial charge in [0.1, 0.15) is 11.3 Å². The fourth-order valence-electron chi connectivity index (χ4n) is 3.17. The fourth-order valence-corrected chi connectivity index (χ4v) is 3.34. The highest BCUT2D eigenvalue weighted by Gasteiger charge is 2.17. The lowest BCUT2D eigenvalue weighted by molar-refractivity contribution is -0.111. The van der Waals surface area contributed by atoms with Crippen molar-refractivity contribution < 1.29 is 13.9 Å². The van der Waals surface area contributed by atoms with E-state index in [4.69, 9.17) is 20.8 Å². The monoisotopic (exact) mass is 383 g/mol. The highest BCUT2D eigenvalue weighted by Crippen LogP contribution is 2.37. The molecule has 0 bridgehead atoms. The van der Waals surface area contributed by atoms with Crippen LogP contribution in [0.1, 0.15) is 29.2 Å². The summed E-state index contributed by atoms with van der Waals surface area (Å²) in [4.78, 5) is 12.5. The van der Waals surface area contributed by atoms with Crippen molar-refractivity contribution in [3.05, 3.63) is 63.9 Å². The summed E-state index contributed by atoms with van der Waals surface area (Å²) in [7, 11) is 1.62. The number of anilines is 1. The number of carbonyl (C=O) groups excluding carboxylic acids is 1. The zero-order chi connectivity index (χ0) is 19.7. The fraction of sp³-hybridized carbons (Fsp3) is 0.227. The zero-order valence-electron chi connectivity index (χ0n) is 16.1. The van der Waals surface area contributed by atoms with Crippen LogP contribution in [0.4, 0.5) is 5.69 Å². The minimum absolute atomic E-state index is 0.221. The third-order valence-corrected chi connectivity index (χ3v) is 4.91. The highest BCUT2D eigenvalue weighted by molar-refractivity contribution is 6.31. The van der Waals surface area contributed by atoms with Crippen molar-refractivity contribution in [3.63, 3.8) is 0 Å². The van der Waals surface area contributed by atoms with Gasteiger partial charge in [0.15, 0.2) is 0 Å². The second-order valence-electron chi connectivity index (χ2n) is 6.65. The molecule has 0 aliphatic carbocycles. The van der Waals surface area contributed by atoms with E-state index in [1.807, 2.05) is 39.8 Å². The quantitative estimate of drug-likeness (QED) is 0.557. The Morgan fingerprint density at radius 2 is 1.93 bits per heavy atom. The van der Waals surface area contributed by atoms with Crippen LogP contribution in [0.15, 0.2) is 41.0 Å². The van der Waals surface area contributed by atoms with Crippen LogP contribution < -0.4 is 10.1 Å². The maximum absolute atomic E-state index is 12.5. The summed E-state index contributed by atoms with van der Waals surface area (Å²) in [6.07, 6.45) is 3.30. The van der Waals surface area contributed by atoms with Crippen molar-refractivity contribution >= 4 is 39.7 Å². The molecule has 5 heteroatoms. The molecule has 3 rings (SSSR count). The van der Waals surface area contributed by atoms with E-state index in [1.165, 1.54) is 0 Å². The van der Waals surface area contributed by atoms with Gasteiger partial charge in [-0.05, 0) is 62.6 Å². The molecule has 0 aliphatic heterocycles. The van der Waals surface area contributed by atoms with E-state index in [9.17, 15) is 4.79 Å². The molecule has 1 heterocycles. The number of nitrogens with one attached hydrogen (secondary N) is 1. The van der Waals surface area contributed by atoms with Gasteiger partial charge in [0.25, 0.3) is 0 Å². The average Bonchev–Trinajstić information content (AvgIpc) is 2.99. The van der Waals surface area contributed by atoms with Crippen LogP contribution in [0.2, 0.25) is 5.02 Å². The van der Waals surface area contributed by atoms with Crippen molar-refractivity contribution in [3.8, 4) is 5.75 Å². The summed E-state index contributed by atoms with van der Waals surface area (Å²) in [5.74, 6) is 0.485. The standard InChI is InChI=1S/C22H22ClNO3/c1-12-6-7-16(23)9-19(12)24-20(25)8-13(2)17-10-18-14(3)11-27-22(18)15(4)21(17)26-5/h6-11H,1-5H3,(H,24,25)/b13-8+. The average molecular weight is 384 g/mol. The van der Waals surface area contributed by atoms with Gasteiger partial charge in [-0.1, -0.05) is 17.7 Å². The number of amides is 1. The third-order valence-electron chi connectivity index (χ3n) is 4.67. The Morgan fingerprint density at radius 3 is 2.63 bits per heavy atom. The Morgan fingerprint density at radius 1 is 1.19 bits per heavy atom. The smallest absolute Gasteiger partial charge is 0.248 e. The number of rotatable bonds is 4. The molecule has 0 unspecified atom stereocenters. The number of methoxy groups -OCH3 is 1. The van der Waals surface area contributed by atoms with Gasteiger partial charge in [-0.25, -0.2) is 0 Å². The van der Waals surface area contributed by atoms with E-state index in [0.717, 1.165) is 38.8 Å². The molecule has 1 amide bonds. The van der Waals surface area contributed by atoms with Gasteiger partial charge in [0, 0.05) is 33.3 Å². The van der Waals surface area contributed by atoms with E-state index in [-0.39, 0.29) is 5.91 Å². The molecule has 0 saturated carbocycles. The summed E-state index contributed by atoms with van der Waals surface area (Å²) in [6, 6.07) is 7.41. The number of furan rings is 1. The molecule has 0 aliphatic rings. The van der Waals surface area contributed by atoms with Crippen molar-refractivity contribution in [1.82, 2.24) is 0 Å². The minimum atomic E-state index is -0.221. The highest BCUT2D eigenvalue weighted by atomic mass is 35.5. The Labute approximate surface area is 163 Å². The Kier molecular flexibility index (Phi) is 5.29. The number of carbonyl (C=O) groups is 1.